The van der Waals surface area contributed by atoms with E-state index in [0.29, 0.717) is 16.9 Å². The number of hydrogen-bond acceptors (Lipinski definition) is 2. The quantitative estimate of drug-likeness (QED) is 0.175. The standard InChI is InChI=1S/C50H33NO/c1-2-13-34(14-3-1)35-25-29-39(30-26-35)51(40-31-27-37(28-32-40)42-22-12-17-36-15-4-6-18-41(36)42)47-23-10-8-20-44(47)46-33-38-16-5-7-19-43(38)50-49(46)45-21-9-11-24-48(45)52-50/h1-33H/i25D,26D,29D,30D. The van der Waals surface area contributed by atoms with E-state index in [1.165, 1.54) is 0 Å². The molecular formula is C50H33NO. The zero-order valence-corrected chi connectivity index (χ0v) is 28.1. The van der Waals surface area contributed by atoms with Crippen LogP contribution in [0, 0.1) is 0 Å². The molecule has 10 aromatic rings. The Morgan fingerprint density at radius 2 is 1.04 bits per heavy atom. The third kappa shape index (κ3) is 5.04. The normalized spacial score (nSPS) is 12.5. The maximum Gasteiger partial charge on any atom is 0.143 e. The molecular weight excluding hydrogens is 631 g/mol. The molecule has 0 fully saturated rings. The van der Waals surface area contributed by atoms with Gasteiger partial charge in [0.1, 0.15) is 11.2 Å². The van der Waals surface area contributed by atoms with Crippen LogP contribution in [0.5, 0.6) is 0 Å². The Bertz CT molecular complexity index is 3100. The summed E-state index contributed by atoms with van der Waals surface area (Å²) in [6.07, 6.45) is 0. The first-order valence-electron chi connectivity index (χ1n) is 19.4. The number of hydrogen-bond donors (Lipinski definition) is 0. The zero-order chi connectivity index (χ0) is 37.9. The largest absolute Gasteiger partial charge is 0.455 e. The third-order valence-electron chi connectivity index (χ3n) is 9.93. The van der Waals surface area contributed by atoms with Gasteiger partial charge in [0.2, 0.25) is 0 Å². The number of fused-ring (bicyclic) bond motifs is 6. The Labute approximate surface area is 308 Å². The van der Waals surface area contributed by atoms with Gasteiger partial charge in [-0.25, -0.2) is 0 Å². The monoisotopic (exact) mass is 667 g/mol. The van der Waals surface area contributed by atoms with Crippen molar-refractivity contribution in [2.75, 3.05) is 4.90 Å². The highest BCUT2D eigenvalue weighted by Gasteiger charge is 2.22. The fourth-order valence-corrected chi connectivity index (χ4v) is 7.49. The second-order valence-corrected chi connectivity index (χ2v) is 13.0. The van der Waals surface area contributed by atoms with Crippen LogP contribution in [0.3, 0.4) is 0 Å². The summed E-state index contributed by atoms with van der Waals surface area (Å²) in [7, 11) is 0. The number of para-hydroxylation sites is 2. The van der Waals surface area contributed by atoms with Crippen LogP contribution >= 0.6 is 0 Å². The highest BCUT2D eigenvalue weighted by Crippen LogP contribution is 2.47. The second-order valence-electron chi connectivity index (χ2n) is 13.0. The first-order chi connectivity index (χ1) is 27.5. The van der Waals surface area contributed by atoms with Crippen LogP contribution in [-0.4, -0.2) is 0 Å². The van der Waals surface area contributed by atoms with Gasteiger partial charge in [-0.3, -0.25) is 0 Å². The van der Waals surface area contributed by atoms with E-state index < -0.39 is 0 Å². The van der Waals surface area contributed by atoms with Crippen LogP contribution in [0.4, 0.5) is 17.1 Å². The van der Waals surface area contributed by atoms with E-state index in [-0.39, 0.29) is 35.4 Å². The molecule has 0 aliphatic rings. The molecule has 1 heterocycles. The molecule has 0 aliphatic carbocycles. The van der Waals surface area contributed by atoms with Gasteiger partial charge in [0.25, 0.3) is 0 Å². The van der Waals surface area contributed by atoms with E-state index in [2.05, 4.69) is 72.8 Å². The predicted octanol–water partition coefficient (Wildman–Crippen LogP) is 14.4. The average molecular weight is 668 g/mol. The van der Waals surface area contributed by atoms with Crippen molar-refractivity contribution in [3.05, 3.63) is 200 Å². The zero-order valence-electron chi connectivity index (χ0n) is 32.1. The van der Waals surface area contributed by atoms with E-state index in [0.717, 1.165) is 65.7 Å². The molecule has 0 saturated heterocycles. The van der Waals surface area contributed by atoms with E-state index in [1.54, 1.807) is 0 Å². The predicted molar refractivity (Wildman–Crippen MR) is 220 cm³/mol. The Kier molecular flexibility index (Phi) is 6.22. The van der Waals surface area contributed by atoms with Gasteiger partial charge in [0, 0.05) is 33.1 Å². The molecule has 9 aromatic carbocycles. The van der Waals surface area contributed by atoms with Crippen molar-refractivity contribution in [3.63, 3.8) is 0 Å². The van der Waals surface area contributed by atoms with Crippen LogP contribution in [-0.2, 0) is 0 Å². The van der Waals surface area contributed by atoms with Gasteiger partial charge in [0.15, 0.2) is 0 Å². The Hall–Kier alpha value is -6.90. The summed E-state index contributed by atoms with van der Waals surface area (Å²) >= 11 is 0. The van der Waals surface area contributed by atoms with Crippen molar-refractivity contribution in [1.82, 2.24) is 0 Å². The van der Waals surface area contributed by atoms with Crippen molar-refractivity contribution in [2.24, 2.45) is 0 Å². The SMILES string of the molecule is [2H]c1c([2H])c(N(c2ccc(-c3cccc4ccccc34)cc2)c2ccccc2-c2cc3ccccc3c3oc4ccccc4c23)c([2H])c([2H])c1-c1ccccc1. The number of anilines is 3. The van der Waals surface area contributed by atoms with E-state index in [9.17, 15) is 5.48 Å². The lowest BCUT2D eigenvalue weighted by Gasteiger charge is -2.28. The molecule has 0 amide bonds. The second kappa shape index (κ2) is 12.5. The molecule has 0 saturated carbocycles. The maximum absolute atomic E-state index is 9.57. The molecule has 0 aliphatic heterocycles. The number of furan rings is 1. The Balaban J connectivity index is 1.25. The molecule has 0 N–H and O–H groups in total. The highest BCUT2D eigenvalue weighted by molar-refractivity contribution is 6.22. The van der Waals surface area contributed by atoms with E-state index >= 15 is 0 Å². The molecule has 2 nitrogen and oxygen atoms in total. The molecule has 0 bridgehead atoms. The summed E-state index contributed by atoms with van der Waals surface area (Å²) in [5, 5.41) is 6.29. The fourth-order valence-electron chi connectivity index (χ4n) is 7.49. The summed E-state index contributed by atoms with van der Waals surface area (Å²) in [6, 6.07) is 58.0. The van der Waals surface area contributed by atoms with Gasteiger partial charge in [-0.1, -0.05) is 158 Å². The first-order valence-corrected chi connectivity index (χ1v) is 17.4. The molecule has 0 unspecified atom stereocenters. The molecule has 10 rings (SSSR count). The minimum Gasteiger partial charge on any atom is -0.455 e. The van der Waals surface area contributed by atoms with Crippen LogP contribution in [0.25, 0.3) is 76.9 Å². The van der Waals surface area contributed by atoms with Gasteiger partial charge in [-0.05, 0) is 86.4 Å². The maximum atomic E-state index is 9.57. The van der Waals surface area contributed by atoms with Crippen molar-refractivity contribution >= 4 is 60.5 Å². The van der Waals surface area contributed by atoms with Crippen LogP contribution in [0.2, 0.25) is 0 Å². The minimum absolute atomic E-state index is 0.101. The van der Waals surface area contributed by atoms with Gasteiger partial charge >= 0.3 is 0 Å². The third-order valence-corrected chi connectivity index (χ3v) is 9.93. The topological polar surface area (TPSA) is 16.4 Å². The Morgan fingerprint density at radius 3 is 1.87 bits per heavy atom. The number of benzene rings is 9. The van der Waals surface area contributed by atoms with E-state index in [1.807, 2.05) is 108 Å². The van der Waals surface area contributed by atoms with Crippen LogP contribution < -0.4 is 4.90 Å². The summed E-state index contributed by atoms with van der Waals surface area (Å²) in [5.41, 5.74) is 7.97. The smallest absolute Gasteiger partial charge is 0.143 e. The van der Waals surface area contributed by atoms with Crippen molar-refractivity contribution < 1.29 is 9.90 Å². The minimum atomic E-state index is -0.129. The summed E-state index contributed by atoms with van der Waals surface area (Å²) in [5.74, 6) is 0. The Morgan fingerprint density at radius 1 is 0.404 bits per heavy atom. The molecule has 244 valence electrons. The molecule has 0 spiro atoms. The lowest BCUT2D eigenvalue weighted by atomic mass is 9.93. The van der Waals surface area contributed by atoms with Crippen molar-refractivity contribution in [1.29, 1.82) is 0 Å². The molecule has 2 heteroatoms. The summed E-state index contributed by atoms with van der Waals surface area (Å²) in [4.78, 5) is 1.89. The van der Waals surface area contributed by atoms with Gasteiger partial charge in [-0.15, -0.1) is 0 Å². The molecule has 1 aromatic heterocycles. The van der Waals surface area contributed by atoms with Gasteiger partial charge < -0.3 is 9.32 Å². The van der Waals surface area contributed by atoms with Gasteiger partial charge in [0.05, 0.1) is 11.2 Å². The lowest BCUT2D eigenvalue weighted by Crippen LogP contribution is -2.11. The first kappa shape index (κ1) is 26.0. The molecule has 52 heavy (non-hydrogen) atoms. The fraction of sp³-hybridized carbons (Fsp3) is 0. The summed E-state index contributed by atoms with van der Waals surface area (Å²) < 4.78 is 44.3. The van der Waals surface area contributed by atoms with Crippen LogP contribution in [0.15, 0.2) is 205 Å². The molecule has 0 radical (unpaired) electrons. The van der Waals surface area contributed by atoms with Crippen molar-refractivity contribution in [3.8, 4) is 33.4 Å². The lowest BCUT2D eigenvalue weighted by molar-refractivity contribution is 0.673. The number of rotatable bonds is 6. The number of nitrogens with zero attached hydrogens (tertiary/aromatic N) is 1. The van der Waals surface area contributed by atoms with Gasteiger partial charge in [-0.2, -0.15) is 0 Å². The van der Waals surface area contributed by atoms with Crippen LogP contribution in [0.1, 0.15) is 5.48 Å². The highest BCUT2D eigenvalue weighted by atomic mass is 16.3. The average Bonchev–Trinajstić information content (AvgIpc) is 3.65. The summed E-state index contributed by atoms with van der Waals surface area (Å²) in [6.45, 7) is 0. The van der Waals surface area contributed by atoms with Crippen molar-refractivity contribution in [2.45, 2.75) is 0 Å². The van der Waals surface area contributed by atoms with E-state index in [4.69, 9.17) is 4.42 Å². The molecule has 0 atom stereocenters.